The molecule has 4 amide bonds. The van der Waals surface area contributed by atoms with Gasteiger partial charge in [-0.3, -0.25) is 14.3 Å². The van der Waals surface area contributed by atoms with Crippen molar-refractivity contribution in [3.8, 4) is 0 Å². The van der Waals surface area contributed by atoms with E-state index in [0.29, 0.717) is 15.5 Å². The third-order valence-electron chi connectivity index (χ3n) is 5.28. The number of hydrogen-bond donors (Lipinski definition) is 3. The molecule has 1 aromatic heterocycles. The molecule has 0 unspecified atom stereocenters. The van der Waals surface area contributed by atoms with Crippen LogP contribution in [0.4, 0.5) is 26.2 Å². The first kappa shape index (κ1) is 32.9. The fourth-order valence-electron chi connectivity index (χ4n) is 3.42. The summed E-state index contributed by atoms with van der Waals surface area (Å²) < 4.78 is 18.9. The van der Waals surface area contributed by atoms with Crippen LogP contribution in [0.1, 0.15) is 57.0 Å². The van der Waals surface area contributed by atoms with E-state index in [2.05, 4.69) is 15.4 Å². The SMILES string of the molecule is C/C=C/C.CC.CCCNc1ccc2c(c1)CC(=O)N(c1ccc(NC(=O)NSc3ccc(Cl)s3)cc1F)C2=O. The van der Waals surface area contributed by atoms with Gasteiger partial charge in [-0.05, 0) is 86.3 Å². The number of benzene rings is 2. The van der Waals surface area contributed by atoms with Crippen LogP contribution in [0.5, 0.6) is 0 Å². The average Bonchev–Trinajstić information content (AvgIpc) is 3.37. The Hall–Kier alpha value is -3.34. The number of carbonyl (C=O) groups excluding carboxylic acids is 3. The summed E-state index contributed by atoms with van der Waals surface area (Å²) in [6.07, 6.45) is 4.92. The predicted octanol–water partition coefficient (Wildman–Crippen LogP) is 8.53. The number of imide groups is 1. The molecule has 2 heterocycles. The summed E-state index contributed by atoms with van der Waals surface area (Å²) in [5, 5.41) is 5.74. The molecule has 0 saturated heterocycles. The van der Waals surface area contributed by atoms with Crippen LogP contribution in [0, 0.1) is 5.82 Å². The molecule has 3 N–H and O–H groups in total. The van der Waals surface area contributed by atoms with E-state index in [1.807, 2.05) is 46.8 Å². The van der Waals surface area contributed by atoms with Gasteiger partial charge >= 0.3 is 6.03 Å². The molecule has 0 bridgehead atoms. The maximum atomic E-state index is 14.9. The number of amides is 4. The number of urea groups is 1. The molecule has 0 atom stereocenters. The lowest BCUT2D eigenvalue weighted by Gasteiger charge is -2.27. The summed E-state index contributed by atoms with van der Waals surface area (Å²) in [6.45, 7) is 10.8. The maximum absolute atomic E-state index is 14.9. The van der Waals surface area contributed by atoms with Crippen molar-refractivity contribution < 1.29 is 18.8 Å². The zero-order valence-electron chi connectivity index (χ0n) is 23.1. The van der Waals surface area contributed by atoms with Crippen LogP contribution in [0.2, 0.25) is 4.34 Å². The van der Waals surface area contributed by atoms with Crippen LogP contribution in [-0.2, 0) is 11.2 Å². The molecule has 0 saturated carbocycles. The number of fused-ring (bicyclic) bond motifs is 1. The Morgan fingerprint density at radius 1 is 1.07 bits per heavy atom. The van der Waals surface area contributed by atoms with Gasteiger partial charge in [0.2, 0.25) is 5.91 Å². The molecule has 1 aliphatic heterocycles. The minimum Gasteiger partial charge on any atom is -0.385 e. The van der Waals surface area contributed by atoms with Crippen molar-refractivity contribution in [2.24, 2.45) is 0 Å². The Morgan fingerprint density at radius 2 is 1.77 bits per heavy atom. The summed E-state index contributed by atoms with van der Waals surface area (Å²) in [6, 6.07) is 11.9. The molecule has 4 rings (SSSR count). The van der Waals surface area contributed by atoms with Gasteiger partial charge in [0.05, 0.1) is 20.7 Å². The van der Waals surface area contributed by atoms with Crippen molar-refractivity contribution in [3.05, 3.63) is 82.0 Å². The number of halogens is 2. The lowest BCUT2D eigenvalue weighted by atomic mass is 9.97. The monoisotopic (exact) mass is 604 g/mol. The molecule has 0 aliphatic carbocycles. The van der Waals surface area contributed by atoms with Gasteiger partial charge in [0, 0.05) is 23.5 Å². The van der Waals surface area contributed by atoms with Crippen LogP contribution in [0.25, 0.3) is 0 Å². The molecular formula is C29H34ClFN4O3S2. The summed E-state index contributed by atoms with van der Waals surface area (Å²) in [5.74, 6) is -1.91. The van der Waals surface area contributed by atoms with Crippen molar-refractivity contribution in [2.45, 2.75) is 51.7 Å². The van der Waals surface area contributed by atoms with Gasteiger partial charge < -0.3 is 10.6 Å². The van der Waals surface area contributed by atoms with Crippen LogP contribution in [-0.4, -0.2) is 24.4 Å². The number of rotatable bonds is 7. The highest BCUT2D eigenvalue weighted by Gasteiger charge is 2.34. The summed E-state index contributed by atoms with van der Waals surface area (Å²) in [4.78, 5) is 38.7. The second-order valence-electron chi connectivity index (χ2n) is 8.06. The average molecular weight is 605 g/mol. The lowest BCUT2D eigenvalue weighted by Crippen LogP contribution is -2.43. The van der Waals surface area contributed by atoms with Crippen molar-refractivity contribution >= 4 is 69.8 Å². The van der Waals surface area contributed by atoms with Gasteiger partial charge in [-0.1, -0.05) is 44.5 Å². The molecule has 2 aromatic carbocycles. The number of anilines is 3. The van der Waals surface area contributed by atoms with Crippen LogP contribution in [0.15, 0.2) is 64.9 Å². The Labute approximate surface area is 248 Å². The first-order valence-corrected chi connectivity index (χ1v) is 14.9. The Kier molecular flexibility index (Phi) is 13.7. The van der Waals surface area contributed by atoms with Gasteiger partial charge in [-0.25, -0.2) is 14.1 Å². The van der Waals surface area contributed by atoms with Crippen molar-refractivity contribution in [2.75, 3.05) is 22.1 Å². The molecule has 0 spiro atoms. The molecule has 11 heteroatoms. The Balaban J connectivity index is 0.000000858. The summed E-state index contributed by atoms with van der Waals surface area (Å²) in [5.41, 5.74) is 1.80. The van der Waals surface area contributed by atoms with Crippen LogP contribution >= 0.6 is 34.9 Å². The third kappa shape index (κ3) is 9.11. The van der Waals surface area contributed by atoms with Crippen molar-refractivity contribution in [3.63, 3.8) is 0 Å². The standard InChI is InChI=1S/C23H20ClFN4O3S2.C4H8.C2H6/c1-2-9-26-14-3-5-16-13(10-14)11-20(30)29(22(16)31)18-6-4-15(12-17(18)25)27-23(32)28-34-21-8-7-19(24)33-21;1-3-4-2;1-2/h3-8,10,12,26H,2,9,11H2,1H3,(H2,27,28,32);3-4H,1-2H3;1-2H3/b;4-3+;. The van der Waals surface area contributed by atoms with E-state index < -0.39 is 23.7 Å². The maximum Gasteiger partial charge on any atom is 0.329 e. The number of thiophene rings is 1. The molecule has 1 aliphatic rings. The quantitative estimate of drug-likeness (QED) is 0.143. The Morgan fingerprint density at radius 3 is 2.38 bits per heavy atom. The van der Waals surface area contributed by atoms with E-state index in [0.717, 1.165) is 45.8 Å². The third-order valence-corrected chi connectivity index (χ3v) is 7.43. The predicted molar refractivity (Wildman–Crippen MR) is 166 cm³/mol. The number of nitrogens with one attached hydrogen (secondary N) is 3. The highest BCUT2D eigenvalue weighted by atomic mass is 35.5. The molecule has 0 radical (unpaired) electrons. The lowest BCUT2D eigenvalue weighted by molar-refractivity contribution is -0.117. The first-order chi connectivity index (χ1) is 19.3. The number of hydrogen-bond acceptors (Lipinski definition) is 6. The van der Waals surface area contributed by atoms with Gasteiger partial charge in [-0.2, -0.15) is 0 Å². The molecule has 0 fully saturated rings. The van der Waals surface area contributed by atoms with E-state index in [-0.39, 0.29) is 17.8 Å². The van der Waals surface area contributed by atoms with Gasteiger partial charge in [0.1, 0.15) is 5.82 Å². The van der Waals surface area contributed by atoms with Crippen LogP contribution in [0.3, 0.4) is 0 Å². The molecule has 3 aromatic rings. The van der Waals surface area contributed by atoms with E-state index in [1.54, 1.807) is 30.3 Å². The topological polar surface area (TPSA) is 90.5 Å². The highest BCUT2D eigenvalue weighted by molar-refractivity contribution is 7.99. The van der Waals surface area contributed by atoms with Gasteiger partial charge in [-0.15, -0.1) is 11.3 Å². The zero-order valence-corrected chi connectivity index (χ0v) is 25.5. The smallest absolute Gasteiger partial charge is 0.329 e. The second kappa shape index (κ2) is 16.7. The minimum absolute atomic E-state index is 0.0193. The van der Waals surface area contributed by atoms with E-state index in [9.17, 15) is 18.8 Å². The zero-order chi connectivity index (χ0) is 29.7. The molecule has 214 valence electrons. The first-order valence-electron chi connectivity index (χ1n) is 12.9. The number of carbonyl (C=O) groups is 3. The normalized spacial score (nSPS) is 12.1. The largest absolute Gasteiger partial charge is 0.385 e. The molecule has 7 nitrogen and oxygen atoms in total. The number of allylic oxidation sites excluding steroid dienone is 2. The molecular weight excluding hydrogens is 571 g/mol. The van der Waals surface area contributed by atoms with Gasteiger partial charge in [0.25, 0.3) is 5.91 Å². The minimum atomic E-state index is -0.804. The second-order valence-corrected chi connectivity index (χ2v) is 10.9. The van der Waals surface area contributed by atoms with E-state index in [4.69, 9.17) is 11.6 Å². The fraction of sp³-hybridized carbons (Fsp3) is 0.276. The van der Waals surface area contributed by atoms with E-state index >= 15 is 0 Å². The van der Waals surface area contributed by atoms with Crippen molar-refractivity contribution in [1.82, 2.24) is 4.72 Å². The fourth-order valence-corrected chi connectivity index (χ4v) is 5.27. The van der Waals surface area contributed by atoms with E-state index in [1.165, 1.54) is 23.5 Å². The Bertz CT molecular complexity index is 1340. The van der Waals surface area contributed by atoms with Crippen LogP contribution < -0.4 is 20.3 Å². The highest BCUT2D eigenvalue weighted by Crippen LogP contribution is 2.31. The van der Waals surface area contributed by atoms with Gasteiger partial charge in [0.15, 0.2) is 0 Å². The van der Waals surface area contributed by atoms with Crippen molar-refractivity contribution in [1.29, 1.82) is 0 Å². The summed E-state index contributed by atoms with van der Waals surface area (Å²) >= 11 is 8.24. The molecule has 40 heavy (non-hydrogen) atoms. The summed E-state index contributed by atoms with van der Waals surface area (Å²) in [7, 11) is 0. The number of nitrogens with zero attached hydrogens (tertiary/aromatic N) is 1.